The van der Waals surface area contributed by atoms with Crippen LogP contribution in [-0.2, 0) is 11.2 Å². The predicted molar refractivity (Wildman–Crippen MR) is 107 cm³/mol. The van der Waals surface area contributed by atoms with Crippen molar-refractivity contribution in [2.75, 3.05) is 13.7 Å². The number of nitrogens with zero attached hydrogens (tertiary/aromatic N) is 2. The summed E-state index contributed by atoms with van der Waals surface area (Å²) in [7, 11) is 1.66. The van der Waals surface area contributed by atoms with Crippen molar-refractivity contribution < 1.29 is 13.9 Å². The average Bonchev–Trinajstić information content (AvgIpc) is 3.43. The largest absolute Gasteiger partial charge is 0.497 e. The summed E-state index contributed by atoms with van der Waals surface area (Å²) in [6.07, 6.45) is 4.67. The SMILES string of the molecule is COc1ccc(C2CCCN2C(=O)CCc2ncc(-c3ccccc3)o2)cc1. The fourth-order valence-electron chi connectivity index (χ4n) is 3.76. The zero-order valence-corrected chi connectivity index (χ0v) is 16.0. The Kier molecular flexibility index (Phi) is 5.42. The molecule has 0 radical (unpaired) electrons. The summed E-state index contributed by atoms with van der Waals surface area (Å²) in [5.74, 6) is 2.32. The molecule has 0 N–H and O–H groups in total. The number of aromatic nitrogens is 1. The number of hydrogen-bond acceptors (Lipinski definition) is 4. The van der Waals surface area contributed by atoms with Gasteiger partial charge in [-0.15, -0.1) is 0 Å². The summed E-state index contributed by atoms with van der Waals surface area (Å²) in [4.78, 5) is 19.2. The molecule has 1 atom stereocenters. The maximum atomic E-state index is 12.8. The third kappa shape index (κ3) is 3.93. The van der Waals surface area contributed by atoms with Gasteiger partial charge in [0.15, 0.2) is 11.7 Å². The van der Waals surface area contributed by atoms with Crippen LogP contribution in [0.1, 0.15) is 36.8 Å². The molecule has 2 heterocycles. The van der Waals surface area contributed by atoms with E-state index in [-0.39, 0.29) is 11.9 Å². The fraction of sp³-hybridized carbons (Fsp3) is 0.304. The van der Waals surface area contributed by atoms with Gasteiger partial charge in [-0.2, -0.15) is 0 Å². The Labute approximate surface area is 165 Å². The zero-order valence-electron chi connectivity index (χ0n) is 16.0. The third-order valence-corrected chi connectivity index (χ3v) is 5.24. The lowest BCUT2D eigenvalue weighted by Crippen LogP contribution is -2.30. The van der Waals surface area contributed by atoms with Crippen LogP contribution in [0.15, 0.2) is 65.2 Å². The van der Waals surface area contributed by atoms with Crippen molar-refractivity contribution in [1.82, 2.24) is 9.88 Å². The minimum atomic E-state index is 0.142. The highest BCUT2D eigenvalue weighted by molar-refractivity contribution is 5.77. The van der Waals surface area contributed by atoms with Gasteiger partial charge in [0.25, 0.3) is 0 Å². The Morgan fingerprint density at radius 1 is 1.18 bits per heavy atom. The number of rotatable bonds is 6. The van der Waals surface area contributed by atoms with Crippen LogP contribution in [0.5, 0.6) is 5.75 Å². The van der Waals surface area contributed by atoms with Gasteiger partial charge in [0.2, 0.25) is 5.91 Å². The number of carbonyl (C=O) groups is 1. The monoisotopic (exact) mass is 376 g/mol. The smallest absolute Gasteiger partial charge is 0.223 e. The van der Waals surface area contributed by atoms with E-state index in [0.717, 1.165) is 42.0 Å². The molecule has 1 aliphatic rings. The highest BCUT2D eigenvalue weighted by atomic mass is 16.5. The molecule has 3 aromatic rings. The number of oxazole rings is 1. The van der Waals surface area contributed by atoms with Gasteiger partial charge in [0.1, 0.15) is 5.75 Å². The number of amides is 1. The van der Waals surface area contributed by atoms with E-state index < -0.39 is 0 Å². The van der Waals surface area contributed by atoms with Crippen molar-refractivity contribution in [3.05, 3.63) is 72.2 Å². The van der Waals surface area contributed by atoms with E-state index in [4.69, 9.17) is 9.15 Å². The lowest BCUT2D eigenvalue weighted by atomic mass is 10.0. The molecule has 1 aliphatic heterocycles. The van der Waals surface area contributed by atoms with E-state index in [0.29, 0.717) is 18.7 Å². The number of ether oxygens (including phenoxy) is 1. The summed E-state index contributed by atoms with van der Waals surface area (Å²) in [5, 5.41) is 0. The van der Waals surface area contributed by atoms with E-state index in [2.05, 4.69) is 17.1 Å². The number of methoxy groups -OCH3 is 1. The minimum Gasteiger partial charge on any atom is -0.497 e. The molecular formula is C23H24N2O3. The van der Waals surface area contributed by atoms with E-state index >= 15 is 0 Å². The van der Waals surface area contributed by atoms with E-state index in [1.165, 1.54) is 0 Å². The normalized spacial score (nSPS) is 16.3. The summed E-state index contributed by atoms with van der Waals surface area (Å²) < 4.78 is 11.1. The molecule has 1 unspecified atom stereocenters. The Morgan fingerprint density at radius 3 is 2.71 bits per heavy atom. The molecule has 1 saturated heterocycles. The Balaban J connectivity index is 1.38. The molecule has 0 bridgehead atoms. The van der Waals surface area contributed by atoms with Crippen LogP contribution in [-0.4, -0.2) is 29.4 Å². The van der Waals surface area contributed by atoms with Gasteiger partial charge in [-0.05, 0) is 30.5 Å². The number of likely N-dealkylation sites (tertiary alicyclic amines) is 1. The summed E-state index contributed by atoms with van der Waals surface area (Å²) in [6, 6.07) is 18.0. The number of aryl methyl sites for hydroxylation is 1. The standard InChI is InChI=1S/C23H24N2O3/c1-27-19-11-9-17(10-12-19)20-8-5-15-25(20)23(26)14-13-22-24-16-21(28-22)18-6-3-2-4-7-18/h2-4,6-7,9-12,16,20H,5,8,13-15H2,1H3. The Hall–Kier alpha value is -3.08. The molecule has 0 saturated carbocycles. The first-order valence-electron chi connectivity index (χ1n) is 9.68. The molecule has 1 fully saturated rings. The molecule has 5 heteroatoms. The van der Waals surface area contributed by atoms with Gasteiger partial charge in [0.05, 0.1) is 19.3 Å². The lowest BCUT2D eigenvalue weighted by Gasteiger charge is -2.25. The molecular weight excluding hydrogens is 352 g/mol. The second-order valence-corrected chi connectivity index (χ2v) is 7.00. The first-order chi connectivity index (χ1) is 13.7. The van der Waals surface area contributed by atoms with E-state index in [1.807, 2.05) is 47.4 Å². The van der Waals surface area contributed by atoms with Crippen LogP contribution in [0.4, 0.5) is 0 Å². The van der Waals surface area contributed by atoms with Crippen molar-refractivity contribution in [2.45, 2.75) is 31.7 Å². The Bertz CT molecular complexity index is 919. The van der Waals surface area contributed by atoms with Crippen LogP contribution in [0.25, 0.3) is 11.3 Å². The molecule has 1 aromatic heterocycles. The summed E-state index contributed by atoms with van der Waals surface area (Å²) in [6.45, 7) is 0.802. The van der Waals surface area contributed by atoms with Crippen LogP contribution in [0.3, 0.4) is 0 Å². The van der Waals surface area contributed by atoms with Crippen LogP contribution < -0.4 is 4.74 Å². The predicted octanol–water partition coefficient (Wildman–Crippen LogP) is 4.65. The van der Waals surface area contributed by atoms with Gasteiger partial charge in [0, 0.05) is 24.9 Å². The number of hydrogen-bond donors (Lipinski definition) is 0. The van der Waals surface area contributed by atoms with Crippen molar-refractivity contribution in [2.24, 2.45) is 0 Å². The molecule has 0 spiro atoms. The van der Waals surface area contributed by atoms with E-state index in [1.54, 1.807) is 13.3 Å². The molecule has 2 aromatic carbocycles. The van der Waals surface area contributed by atoms with Gasteiger partial charge >= 0.3 is 0 Å². The van der Waals surface area contributed by atoms with E-state index in [9.17, 15) is 4.79 Å². The van der Waals surface area contributed by atoms with Crippen LogP contribution >= 0.6 is 0 Å². The second-order valence-electron chi connectivity index (χ2n) is 7.00. The maximum Gasteiger partial charge on any atom is 0.223 e. The lowest BCUT2D eigenvalue weighted by molar-refractivity contribution is -0.132. The topological polar surface area (TPSA) is 55.6 Å². The molecule has 0 aliphatic carbocycles. The van der Waals surface area contributed by atoms with Crippen molar-refractivity contribution in [3.8, 4) is 17.1 Å². The van der Waals surface area contributed by atoms with Gasteiger partial charge in [-0.3, -0.25) is 4.79 Å². The zero-order chi connectivity index (χ0) is 19.3. The maximum absolute atomic E-state index is 12.8. The van der Waals surface area contributed by atoms with Crippen molar-refractivity contribution >= 4 is 5.91 Å². The summed E-state index contributed by atoms with van der Waals surface area (Å²) >= 11 is 0. The third-order valence-electron chi connectivity index (χ3n) is 5.24. The van der Waals surface area contributed by atoms with Gasteiger partial charge in [-0.1, -0.05) is 42.5 Å². The van der Waals surface area contributed by atoms with Gasteiger partial charge < -0.3 is 14.1 Å². The van der Waals surface area contributed by atoms with Crippen molar-refractivity contribution in [1.29, 1.82) is 0 Å². The second kappa shape index (κ2) is 8.30. The van der Waals surface area contributed by atoms with Crippen LogP contribution in [0.2, 0.25) is 0 Å². The highest BCUT2D eigenvalue weighted by Crippen LogP contribution is 2.33. The molecule has 144 valence electrons. The van der Waals surface area contributed by atoms with Crippen LogP contribution in [0, 0.1) is 0 Å². The number of carbonyl (C=O) groups excluding carboxylic acids is 1. The minimum absolute atomic E-state index is 0.142. The number of benzene rings is 2. The fourth-order valence-corrected chi connectivity index (χ4v) is 3.76. The summed E-state index contributed by atoms with van der Waals surface area (Å²) in [5.41, 5.74) is 2.15. The Morgan fingerprint density at radius 2 is 1.96 bits per heavy atom. The first kappa shape index (κ1) is 18.3. The first-order valence-corrected chi connectivity index (χ1v) is 9.68. The highest BCUT2D eigenvalue weighted by Gasteiger charge is 2.29. The molecule has 1 amide bonds. The molecule has 5 nitrogen and oxygen atoms in total. The van der Waals surface area contributed by atoms with Gasteiger partial charge in [-0.25, -0.2) is 4.98 Å². The quantitative estimate of drug-likeness (QED) is 0.628. The van der Waals surface area contributed by atoms with Crippen molar-refractivity contribution in [3.63, 3.8) is 0 Å². The average molecular weight is 376 g/mol. The molecule has 28 heavy (non-hydrogen) atoms. The molecule has 4 rings (SSSR count).